The fourth-order valence-electron chi connectivity index (χ4n) is 12.1. The summed E-state index contributed by atoms with van der Waals surface area (Å²) in [7, 11) is 0. The van der Waals surface area contributed by atoms with Crippen LogP contribution in [0.4, 0.5) is 0 Å². The zero-order chi connectivity index (χ0) is 34.7. The van der Waals surface area contributed by atoms with Gasteiger partial charge in [-0.2, -0.15) is 0 Å². The highest BCUT2D eigenvalue weighted by molar-refractivity contribution is 5.79. The van der Waals surface area contributed by atoms with Gasteiger partial charge in [-0.3, -0.25) is 9.59 Å². The Morgan fingerprint density at radius 2 is 1.53 bits per heavy atom. The minimum Gasteiger partial charge on any atom is -0.481 e. The average molecular weight is 665 g/mol. The van der Waals surface area contributed by atoms with Gasteiger partial charge in [-0.25, -0.2) is 0 Å². The summed E-state index contributed by atoms with van der Waals surface area (Å²) < 4.78 is 11.5. The van der Waals surface area contributed by atoms with Crippen LogP contribution in [0.3, 0.4) is 0 Å². The second kappa shape index (κ2) is 11.2. The molecule has 6 aliphatic rings. The SMILES string of the molecule is CC1(C)CC[C@]2(C(=O)O[C@@H]3O[C@H](CO)[C@@H](O)[C@H](O)[C@H]3O)CC[C@]3(C)C(=CC[C@@H]4[C@@]5(C)C[C@@H](O)[C@H](O)[C@](C)(C(=O)O)[C@@H]5CC[C@]43C)[C@@H]2C1. The molecule has 0 aromatic heterocycles. The van der Waals surface area contributed by atoms with Crippen molar-refractivity contribution < 1.29 is 54.8 Å². The summed E-state index contributed by atoms with van der Waals surface area (Å²) in [6.45, 7) is 12.1. The summed E-state index contributed by atoms with van der Waals surface area (Å²) in [5.74, 6) is -2.00. The third-order valence-electron chi connectivity index (χ3n) is 15.2. The number of allylic oxidation sites excluding steroid dienone is 2. The Bertz CT molecular complexity index is 1310. The normalized spacial score (nSPS) is 53.7. The molecule has 15 atom stereocenters. The van der Waals surface area contributed by atoms with Gasteiger partial charge >= 0.3 is 11.9 Å². The van der Waals surface area contributed by atoms with Gasteiger partial charge < -0.3 is 45.2 Å². The second-order valence-corrected chi connectivity index (χ2v) is 17.8. The molecule has 0 unspecified atom stereocenters. The smallest absolute Gasteiger partial charge is 0.315 e. The lowest BCUT2D eigenvalue weighted by Gasteiger charge is -2.71. The number of aliphatic hydroxyl groups excluding tert-OH is 6. The summed E-state index contributed by atoms with van der Waals surface area (Å²) in [6.07, 6.45) is -2.08. The number of carboxylic acids is 1. The van der Waals surface area contributed by atoms with E-state index in [9.17, 15) is 45.3 Å². The first-order chi connectivity index (χ1) is 21.7. The molecular weight excluding hydrogens is 608 g/mol. The molecule has 11 heteroatoms. The Hall–Kier alpha value is -1.60. The number of rotatable bonds is 4. The number of hydrogen-bond acceptors (Lipinski definition) is 10. The Kier molecular flexibility index (Phi) is 8.40. The highest BCUT2D eigenvalue weighted by Gasteiger charge is 2.72. The van der Waals surface area contributed by atoms with Gasteiger partial charge in [-0.1, -0.05) is 46.3 Å². The second-order valence-electron chi connectivity index (χ2n) is 17.8. The number of hydrogen-bond donors (Lipinski definition) is 7. The quantitative estimate of drug-likeness (QED) is 0.172. The van der Waals surface area contributed by atoms with Crippen molar-refractivity contribution in [2.45, 2.75) is 142 Å². The number of esters is 1. The highest BCUT2D eigenvalue weighted by atomic mass is 16.7. The van der Waals surface area contributed by atoms with E-state index in [-0.39, 0.29) is 34.0 Å². The lowest BCUT2D eigenvalue weighted by atomic mass is 9.33. The maximum absolute atomic E-state index is 14.4. The molecule has 4 saturated carbocycles. The number of aliphatic hydroxyl groups is 6. The molecule has 1 aliphatic heterocycles. The van der Waals surface area contributed by atoms with Gasteiger partial charge in [0.1, 0.15) is 24.4 Å². The zero-order valence-electron chi connectivity index (χ0n) is 28.7. The standard InChI is InChI=1S/C36H56O11/c1-31(2)11-13-36(30(45)47-28-26(41)25(40)24(39)21(17-37)46-28)14-12-33(4)18(19(36)15-31)7-8-22-32(3)16-20(38)27(42)35(6,29(43)44)23(32)9-10-34(22,33)5/h7,19-28,37-42H,8-17H2,1-6H3,(H,43,44)/t19-,20+,21+,22+,23+,24+,25-,26+,27-,28-,32+,33+,34+,35+,36-/m0/s1. The minimum atomic E-state index is -1.68. The van der Waals surface area contributed by atoms with E-state index < -0.39 is 77.7 Å². The van der Waals surface area contributed by atoms with Crippen LogP contribution in [0, 0.1) is 50.2 Å². The van der Waals surface area contributed by atoms with Crippen LogP contribution in [-0.4, -0.2) is 97.2 Å². The molecular formula is C36H56O11. The summed E-state index contributed by atoms with van der Waals surface area (Å²) >= 11 is 0. The van der Waals surface area contributed by atoms with Crippen molar-refractivity contribution >= 4 is 11.9 Å². The number of carbonyl (C=O) groups excluding carboxylic acids is 1. The van der Waals surface area contributed by atoms with Crippen LogP contribution >= 0.6 is 0 Å². The number of fused-ring (bicyclic) bond motifs is 7. The Labute approximate surface area is 277 Å². The Balaban J connectivity index is 1.37. The van der Waals surface area contributed by atoms with Crippen LogP contribution in [0.2, 0.25) is 0 Å². The van der Waals surface area contributed by atoms with Crippen molar-refractivity contribution in [3.63, 3.8) is 0 Å². The summed E-state index contributed by atoms with van der Waals surface area (Å²) in [6, 6.07) is 0. The third kappa shape index (κ3) is 4.69. The van der Waals surface area contributed by atoms with Crippen molar-refractivity contribution in [3.05, 3.63) is 11.6 Å². The molecule has 0 radical (unpaired) electrons. The number of carbonyl (C=O) groups is 2. The van der Waals surface area contributed by atoms with Gasteiger partial charge in [0.2, 0.25) is 6.29 Å². The molecule has 6 rings (SSSR count). The molecule has 1 saturated heterocycles. The summed E-state index contributed by atoms with van der Waals surface area (Å²) in [5, 5.41) is 73.5. The van der Waals surface area contributed by atoms with Crippen LogP contribution in [0.25, 0.3) is 0 Å². The monoisotopic (exact) mass is 664 g/mol. The molecule has 11 nitrogen and oxygen atoms in total. The maximum Gasteiger partial charge on any atom is 0.315 e. The molecule has 0 aromatic rings. The minimum absolute atomic E-state index is 0.0495. The van der Waals surface area contributed by atoms with Crippen LogP contribution in [0.1, 0.15) is 99.3 Å². The lowest BCUT2D eigenvalue weighted by Crippen LogP contribution is -2.69. The number of carboxylic acid groups (broad SMARTS) is 1. The molecule has 47 heavy (non-hydrogen) atoms. The van der Waals surface area contributed by atoms with Crippen LogP contribution in [0.5, 0.6) is 0 Å². The molecule has 0 bridgehead atoms. The fraction of sp³-hybridized carbons (Fsp3) is 0.889. The van der Waals surface area contributed by atoms with E-state index in [0.717, 1.165) is 19.3 Å². The van der Waals surface area contributed by atoms with Crippen LogP contribution < -0.4 is 0 Å². The van der Waals surface area contributed by atoms with E-state index in [2.05, 4.69) is 40.7 Å². The topological polar surface area (TPSA) is 194 Å². The molecule has 7 N–H and O–H groups in total. The first-order valence-electron chi connectivity index (χ1n) is 17.6. The summed E-state index contributed by atoms with van der Waals surface area (Å²) in [5.41, 5.74) is -2.31. The van der Waals surface area contributed by atoms with E-state index in [1.807, 2.05) is 0 Å². The van der Waals surface area contributed by atoms with Crippen molar-refractivity contribution in [1.82, 2.24) is 0 Å². The number of aliphatic carboxylic acids is 1. The molecule has 5 fully saturated rings. The maximum atomic E-state index is 14.4. The Morgan fingerprint density at radius 3 is 2.17 bits per heavy atom. The summed E-state index contributed by atoms with van der Waals surface area (Å²) in [4.78, 5) is 27.1. The molecule has 266 valence electrons. The predicted molar refractivity (Wildman–Crippen MR) is 168 cm³/mol. The van der Waals surface area contributed by atoms with Gasteiger partial charge in [-0.05, 0) is 104 Å². The largest absolute Gasteiger partial charge is 0.481 e. The molecule has 0 spiro atoms. The van der Waals surface area contributed by atoms with Gasteiger partial charge in [0, 0.05) is 0 Å². The van der Waals surface area contributed by atoms with E-state index in [1.165, 1.54) is 5.57 Å². The average Bonchev–Trinajstić information content (AvgIpc) is 3.00. The fourth-order valence-corrected chi connectivity index (χ4v) is 12.1. The lowest BCUT2D eigenvalue weighted by molar-refractivity contribution is -0.297. The van der Waals surface area contributed by atoms with Crippen LogP contribution in [-0.2, 0) is 19.1 Å². The van der Waals surface area contributed by atoms with Gasteiger partial charge in [0.15, 0.2) is 0 Å². The number of ether oxygens (including phenoxy) is 2. The predicted octanol–water partition coefficient (Wildman–Crippen LogP) is 2.53. The highest BCUT2D eigenvalue weighted by Crippen LogP contribution is 2.76. The van der Waals surface area contributed by atoms with E-state index in [1.54, 1.807) is 6.92 Å². The van der Waals surface area contributed by atoms with Gasteiger partial charge in [-0.15, -0.1) is 0 Å². The molecule has 1 heterocycles. The van der Waals surface area contributed by atoms with Crippen molar-refractivity contribution in [3.8, 4) is 0 Å². The van der Waals surface area contributed by atoms with Gasteiger partial charge in [0.25, 0.3) is 0 Å². The zero-order valence-corrected chi connectivity index (χ0v) is 28.7. The molecule has 0 amide bonds. The van der Waals surface area contributed by atoms with Crippen molar-refractivity contribution in [2.75, 3.05) is 6.61 Å². The Morgan fingerprint density at radius 1 is 0.872 bits per heavy atom. The van der Waals surface area contributed by atoms with E-state index in [4.69, 9.17) is 9.47 Å². The molecule has 5 aliphatic carbocycles. The first kappa shape index (κ1) is 35.2. The van der Waals surface area contributed by atoms with E-state index in [0.29, 0.717) is 38.5 Å². The van der Waals surface area contributed by atoms with Crippen molar-refractivity contribution in [2.24, 2.45) is 50.2 Å². The van der Waals surface area contributed by atoms with Crippen LogP contribution in [0.15, 0.2) is 11.6 Å². The van der Waals surface area contributed by atoms with Crippen molar-refractivity contribution in [1.29, 1.82) is 0 Å². The third-order valence-corrected chi connectivity index (χ3v) is 15.2. The van der Waals surface area contributed by atoms with Gasteiger partial charge in [0.05, 0.1) is 29.6 Å². The first-order valence-corrected chi connectivity index (χ1v) is 17.6. The molecule has 0 aromatic carbocycles. The van der Waals surface area contributed by atoms with E-state index >= 15 is 0 Å².